The minimum atomic E-state index is -4.61. The first-order valence-electron chi connectivity index (χ1n) is 13.0. The van der Waals surface area contributed by atoms with Gasteiger partial charge >= 0.3 is 6.18 Å². The van der Waals surface area contributed by atoms with Gasteiger partial charge in [-0.25, -0.2) is 0 Å². The fourth-order valence-corrected chi connectivity index (χ4v) is 4.76. The number of carbonyl (C=O) groups is 2. The molecular formula is C30H32F3N3O4. The normalized spacial score (nSPS) is 15.2. The summed E-state index contributed by atoms with van der Waals surface area (Å²) in [6.07, 6.45) is -2.67. The molecule has 1 heterocycles. The molecule has 0 bridgehead atoms. The summed E-state index contributed by atoms with van der Waals surface area (Å²) in [7, 11) is 3.91. The molecule has 0 radical (unpaired) electrons. The lowest BCUT2D eigenvalue weighted by Crippen LogP contribution is -2.28. The second kappa shape index (κ2) is 10.8. The Bertz CT molecular complexity index is 1420. The highest BCUT2D eigenvalue weighted by atomic mass is 19.4. The number of alkyl halides is 3. The Balaban J connectivity index is 0.00000387. The van der Waals surface area contributed by atoms with Crippen LogP contribution in [0.2, 0.25) is 0 Å². The van der Waals surface area contributed by atoms with E-state index >= 15 is 0 Å². The van der Waals surface area contributed by atoms with Gasteiger partial charge in [0, 0.05) is 19.2 Å². The first kappa shape index (κ1) is 27.5. The molecule has 3 aromatic carbocycles. The van der Waals surface area contributed by atoms with Crippen molar-refractivity contribution < 1.29 is 33.7 Å². The van der Waals surface area contributed by atoms with Crippen LogP contribution in [0.25, 0.3) is 11.1 Å². The highest BCUT2D eigenvalue weighted by Crippen LogP contribution is 2.51. The van der Waals surface area contributed by atoms with Crippen LogP contribution in [-0.2, 0) is 16.4 Å². The van der Waals surface area contributed by atoms with Crippen molar-refractivity contribution in [3.05, 3.63) is 77.4 Å². The lowest BCUT2D eigenvalue weighted by molar-refractivity contribution is -0.137. The third-order valence-corrected chi connectivity index (χ3v) is 7.18. The minimum Gasteiger partial charge on any atom is -0.454 e. The van der Waals surface area contributed by atoms with E-state index in [4.69, 9.17) is 9.47 Å². The van der Waals surface area contributed by atoms with Gasteiger partial charge in [-0.05, 0) is 99.1 Å². The zero-order valence-corrected chi connectivity index (χ0v) is 22.2. The van der Waals surface area contributed by atoms with Crippen LogP contribution in [0.5, 0.6) is 11.5 Å². The minimum absolute atomic E-state index is 0. The van der Waals surface area contributed by atoms with Crippen molar-refractivity contribution in [3.8, 4) is 22.6 Å². The summed E-state index contributed by atoms with van der Waals surface area (Å²) < 4.78 is 52.2. The Morgan fingerprint density at radius 3 is 2.35 bits per heavy atom. The predicted octanol–water partition coefficient (Wildman–Crippen LogP) is 5.70. The maximum atomic E-state index is 13.8. The summed E-state index contributed by atoms with van der Waals surface area (Å²) >= 11 is 0. The lowest BCUT2D eigenvalue weighted by Gasteiger charge is -2.18. The maximum absolute atomic E-state index is 13.8. The molecule has 5 rings (SSSR count). The number of rotatable bonds is 9. The SMILES string of the molecule is CN(C)CCCNC(=O)c1ccc(-c2cc(NC(=O)C3(c4ccc5c(c4)OCO5)CC3)cc(C(F)(F)F)c2)cc1.[HH]. The quantitative estimate of drug-likeness (QED) is 0.331. The molecule has 7 nitrogen and oxygen atoms in total. The molecular weight excluding hydrogens is 523 g/mol. The number of amides is 2. The van der Waals surface area contributed by atoms with E-state index in [9.17, 15) is 22.8 Å². The van der Waals surface area contributed by atoms with Gasteiger partial charge in [-0.3, -0.25) is 9.59 Å². The molecule has 2 aliphatic rings. The van der Waals surface area contributed by atoms with Crippen molar-refractivity contribution in [1.29, 1.82) is 0 Å². The maximum Gasteiger partial charge on any atom is 0.416 e. The molecule has 10 heteroatoms. The second-order valence-electron chi connectivity index (χ2n) is 10.4. The molecule has 1 fully saturated rings. The molecule has 2 amide bonds. The summed E-state index contributed by atoms with van der Waals surface area (Å²) in [4.78, 5) is 27.8. The van der Waals surface area contributed by atoms with Crippen molar-refractivity contribution in [3.63, 3.8) is 0 Å². The smallest absolute Gasteiger partial charge is 0.416 e. The summed E-state index contributed by atoms with van der Waals surface area (Å²) in [5, 5.41) is 5.56. The van der Waals surface area contributed by atoms with Gasteiger partial charge in [-0.2, -0.15) is 13.2 Å². The second-order valence-corrected chi connectivity index (χ2v) is 10.4. The standard InChI is InChI=1S/C30H30F3N3O4.H2/c1-36(2)13-3-12-34-27(37)20-6-4-19(5-7-20)21-14-23(30(31,32)33)16-24(15-21)35-28(38)29(10-11-29)22-8-9-25-26(17-22)40-18-39-25;/h4-9,14-17H,3,10-13,18H2,1-2H3,(H,34,37)(H,35,38);1H. The van der Waals surface area contributed by atoms with Crippen molar-refractivity contribution in [1.82, 2.24) is 10.2 Å². The van der Waals surface area contributed by atoms with Gasteiger partial charge in [0.05, 0.1) is 11.0 Å². The van der Waals surface area contributed by atoms with Gasteiger partial charge in [0.15, 0.2) is 11.5 Å². The van der Waals surface area contributed by atoms with Crippen LogP contribution < -0.4 is 20.1 Å². The van der Waals surface area contributed by atoms with Crippen LogP contribution in [0.1, 0.15) is 42.2 Å². The van der Waals surface area contributed by atoms with Crippen LogP contribution in [0.4, 0.5) is 18.9 Å². The summed E-state index contributed by atoms with van der Waals surface area (Å²) in [5.41, 5.74) is 0.237. The molecule has 0 saturated heterocycles. The summed E-state index contributed by atoms with van der Waals surface area (Å²) in [5.74, 6) is 0.511. The fourth-order valence-electron chi connectivity index (χ4n) is 4.76. The summed E-state index contributed by atoms with van der Waals surface area (Å²) in [6, 6.07) is 15.1. The lowest BCUT2D eigenvalue weighted by atomic mass is 9.94. The zero-order valence-electron chi connectivity index (χ0n) is 22.2. The number of nitrogens with zero attached hydrogens (tertiary/aromatic N) is 1. The summed E-state index contributed by atoms with van der Waals surface area (Å²) in [6.45, 7) is 1.46. The number of nitrogens with one attached hydrogen (secondary N) is 2. The van der Waals surface area contributed by atoms with E-state index in [2.05, 4.69) is 10.6 Å². The Labute approximate surface area is 231 Å². The molecule has 40 heavy (non-hydrogen) atoms. The molecule has 1 saturated carbocycles. The third kappa shape index (κ3) is 5.91. The Hall–Kier alpha value is -4.05. The number of ether oxygens (including phenoxy) is 2. The number of hydrogen-bond acceptors (Lipinski definition) is 5. The van der Waals surface area contributed by atoms with E-state index in [1.165, 1.54) is 6.07 Å². The number of fused-ring (bicyclic) bond motifs is 1. The van der Waals surface area contributed by atoms with E-state index in [-0.39, 0.29) is 31.3 Å². The number of anilines is 1. The first-order valence-corrected chi connectivity index (χ1v) is 13.0. The van der Waals surface area contributed by atoms with E-state index in [0.717, 1.165) is 30.7 Å². The topological polar surface area (TPSA) is 79.9 Å². The van der Waals surface area contributed by atoms with E-state index in [1.807, 2.05) is 19.0 Å². The zero-order chi connectivity index (χ0) is 28.5. The predicted molar refractivity (Wildman–Crippen MR) is 147 cm³/mol. The third-order valence-electron chi connectivity index (χ3n) is 7.18. The highest BCUT2D eigenvalue weighted by Gasteiger charge is 2.51. The van der Waals surface area contributed by atoms with Crippen LogP contribution in [0, 0.1) is 0 Å². The largest absolute Gasteiger partial charge is 0.454 e. The van der Waals surface area contributed by atoms with Gasteiger partial charge in [0.2, 0.25) is 12.7 Å². The van der Waals surface area contributed by atoms with Crippen LogP contribution in [0.15, 0.2) is 60.7 Å². The number of carbonyl (C=O) groups excluding carboxylic acids is 2. The van der Waals surface area contributed by atoms with Crippen LogP contribution >= 0.6 is 0 Å². The van der Waals surface area contributed by atoms with Gasteiger partial charge < -0.3 is 25.0 Å². The average Bonchev–Trinajstić information content (AvgIpc) is 3.61. The molecule has 1 aliphatic carbocycles. The number of hydrogen-bond donors (Lipinski definition) is 2. The van der Waals surface area contributed by atoms with Gasteiger partial charge in [0.25, 0.3) is 5.91 Å². The Morgan fingerprint density at radius 2 is 1.68 bits per heavy atom. The van der Waals surface area contributed by atoms with Crippen LogP contribution in [0.3, 0.4) is 0 Å². The van der Waals surface area contributed by atoms with Crippen molar-refractivity contribution in [2.24, 2.45) is 0 Å². The fraction of sp³-hybridized carbons (Fsp3) is 0.333. The number of halogens is 3. The van der Waals surface area contributed by atoms with E-state index in [1.54, 1.807) is 42.5 Å². The van der Waals surface area contributed by atoms with Crippen molar-refractivity contribution in [2.75, 3.05) is 39.3 Å². The van der Waals surface area contributed by atoms with E-state index in [0.29, 0.717) is 42.0 Å². The Kier molecular flexibility index (Phi) is 7.46. The van der Waals surface area contributed by atoms with Crippen LogP contribution in [-0.4, -0.2) is 50.7 Å². The number of benzene rings is 3. The molecule has 1 aliphatic heterocycles. The van der Waals surface area contributed by atoms with Crippen molar-refractivity contribution >= 4 is 17.5 Å². The van der Waals surface area contributed by atoms with Crippen molar-refractivity contribution in [2.45, 2.75) is 30.9 Å². The van der Waals surface area contributed by atoms with Gasteiger partial charge in [-0.15, -0.1) is 0 Å². The molecule has 0 aromatic heterocycles. The average molecular weight is 556 g/mol. The molecule has 2 N–H and O–H groups in total. The highest BCUT2D eigenvalue weighted by molar-refractivity contribution is 6.02. The molecule has 0 unspecified atom stereocenters. The van der Waals surface area contributed by atoms with E-state index < -0.39 is 17.2 Å². The monoisotopic (exact) mass is 555 g/mol. The molecule has 0 atom stereocenters. The Morgan fingerprint density at radius 1 is 0.950 bits per heavy atom. The van der Waals surface area contributed by atoms with Gasteiger partial charge in [0.1, 0.15) is 0 Å². The van der Waals surface area contributed by atoms with Gasteiger partial charge in [-0.1, -0.05) is 18.2 Å². The molecule has 212 valence electrons. The first-order chi connectivity index (χ1) is 19.0. The molecule has 0 spiro atoms. The molecule has 3 aromatic rings.